The van der Waals surface area contributed by atoms with Gasteiger partial charge >= 0.3 is 0 Å². The SMILES string of the molecule is O=C([C@@H]1CSCN1S(=O)(=O)c1cccnc1)N1CCSCC1. The largest absolute Gasteiger partial charge is 0.340 e. The molecule has 1 aromatic heterocycles. The Kier molecular flexibility index (Phi) is 4.96. The first kappa shape index (κ1) is 16.1. The minimum atomic E-state index is -3.67. The summed E-state index contributed by atoms with van der Waals surface area (Å²) in [5, 5.41) is 0. The van der Waals surface area contributed by atoms with Crippen LogP contribution in [0.5, 0.6) is 0 Å². The summed E-state index contributed by atoms with van der Waals surface area (Å²) >= 11 is 3.30. The van der Waals surface area contributed by atoms with Crippen LogP contribution in [0.2, 0.25) is 0 Å². The van der Waals surface area contributed by atoms with Crippen molar-refractivity contribution in [2.24, 2.45) is 0 Å². The third-order valence-electron chi connectivity index (χ3n) is 3.69. The fraction of sp³-hybridized carbons (Fsp3) is 0.538. The quantitative estimate of drug-likeness (QED) is 0.792. The number of hydrogen-bond donors (Lipinski definition) is 0. The van der Waals surface area contributed by atoms with Crippen LogP contribution in [-0.2, 0) is 14.8 Å². The maximum atomic E-state index is 12.7. The monoisotopic (exact) mass is 359 g/mol. The molecule has 1 atom stereocenters. The highest BCUT2D eigenvalue weighted by Crippen LogP contribution is 2.29. The van der Waals surface area contributed by atoms with E-state index in [9.17, 15) is 13.2 Å². The predicted molar refractivity (Wildman–Crippen MR) is 88.3 cm³/mol. The highest BCUT2D eigenvalue weighted by molar-refractivity contribution is 8.00. The Morgan fingerprint density at radius 3 is 2.73 bits per heavy atom. The molecule has 0 aliphatic carbocycles. The normalized spacial score (nSPS) is 23.6. The number of aromatic nitrogens is 1. The van der Waals surface area contributed by atoms with E-state index in [-0.39, 0.29) is 10.8 Å². The molecule has 0 saturated carbocycles. The smallest absolute Gasteiger partial charge is 0.246 e. The number of pyridine rings is 1. The lowest BCUT2D eigenvalue weighted by Gasteiger charge is -2.31. The lowest BCUT2D eigenvalue weighted by molar-refractivity contribution is -0.133. The molecule has 6 nitrogen and oxygen atoms in total. The predicted octanol–water partition coefficient (Wildman–Crippen LogP) is 0.721. The van der Waals surface area contributed by atoms with E-state index in [1.54, 1.807) is 11.0 Å². The fourth-order valence-corrected chi connectivity index (χ4v) is 6.49. The molecule has 0 spiro atoms. The Morgan fingerprint density at radius 1 is 1.27 bits per heavy atom. The van der Waals surface area contributed by atoms with Crippen LogP contribution in [0.4, 0.5) is 0 Å². The Hall–Kier alpha value is -0.770. The molecule has 0 bridgehead atoms. The molecule has 120 valence electrons. The van der Waals surface area contributed by atoms with Crippen LogP contribution in [0, 0.1) is 0 Å². The first-order valence-corrected chi connectivity index (χ1v) is 10.7. The highest BCUT2D eigenvalue weighted by atomic mass is 32.2. The van der Waals surface area contributed by atoms with E-state index >= 15 is 0 Å². The number of nitrogens with zero attached hydrogens (tertiary/aromatic N) is 3. The van der Waals surface area contributed by atoms with Gasteiger partial charge in [0.05, 0.1) is 5.88 Å². The van der Waals surface area contributed by atoms with Gasteiger partial charge < -0.3 is 4.90 Å². The van der Waals surface area contributed by atoms with Crippen molar-refractivity contribution < 1.29 is 13.2 Å². The Labute approximate surface area is 138 Å². The van der Waals surface area contributed by atoms with Crippen molar-refractivity contribution in [1.29, 1.82) is 0 Å². The molecule has 22 heavy (non-hydrogen) atoms. The lowest BCUT2D eigenvalue weighted by Crippen LogP contribution is -2.51. The maximum Gasteiger partial charge on any atom is 0.246 e. The molecule has 3 heterocycles. The van der Waals surface area contributed by atoms with Gasteiger partial charge in [-0.3, -0.25) is 9.78 Å². The average Bonchev–Trinajstić information content (AvgIpc) is 3.06. The highest BCUT2D eigenvalue weighted by Gasteiger charge is 2.41. The van der Waals surface area contributed by atoms with Crippen LogP contribution >= 0.6 is 23.5 Å². The summed E-state index contributed by atoms with van der Waals surface area (Å²) < 4.78 is 26.8. The zero-order chi connectivity index (χ0) is 15.6. The number of thioether (sulfide) groups is 2. The van der Waals surface area contributed by atoms with Crippen LogP contribution in [0.15, 0.2) is 29.4 Å². The molecular formula is C13H17N3O3S3. The van der Waals surface area contributed by atoms with Crippen molar-refractivity contribution in [3.05, 3.63) is 24.5 Å². The Bertz CT molecular complexity index is 632. The van der Waals surface area contributed by atoms with Crippen molar-refractivity contribution in [2.75, 3.05) is 36.2 Å². The van der Waals surface area contributed by atoms with E-state index in [0.717, 1.165) is 11.5 Å². The van der Waals surface area contributed by atoms with E-state index < -0.39 is 16.1 Å². The van der Waals surface area contributed by atoms with E-state index in [4.69, 9.17) is 0 Å². The summed E-state index contributed by atoms with van der Waals surface area (Å²) in [6.45, 7) is 1.40. The molecule has 0 aromatic carbocycles. The van der Waals surface area contributed by atoms with Crippen LogP contribution in [0.3, 0.4) is 0 Å². The minimum absolute atomic E-state index is 0.0715. The number of rotatable bonds is 3. The summed E-state index contributed by atoms with van der Waals surface area (Å²) in [4.78, 5) is 18.5. The maximum absolute atomic E-state index is 12.7. The van der Waals surface area contributed by atoms with Gasteiger partial charge in [0.2, 0.25) is 15.9 Å². The fourth-order valence-electron chi connectivity index (χ4n) is 2.49. The summed E-state index contributed by atoms with van der Waals surface area (Å²) in [6.07, 6.45) is 2.86. The summed E-state index contributed by atoms with van der Waals surface area (Å²) in [7, 11) is -3.67. The van der Waals surface area contributed by atoms with Crippen molar-refractivity contribution in [3.63, 3.8) is 0 Å². The van der Waals surface area contributed by atoms with Gasteiger partial charge in [0.25, 0.3) is 0 Å². The number of carbonyl (C=O) groups excluding carboxylic acids is 1. The van der Waals surface area contributed by atoms with E-state index in [1.807, 2.05) is 11.8 Å². The standard InChI is InChI=1S/C13H17N3O3S3/c17-13(15-4-6-20-7-5-15)12-9-21-10-16(12)22(18,19)11-2-1-3-14-8-11/h1-3,8,12H,4-7,9-10H2/t12-/m0/s1. The number of sulfonamides is 1. The van der Waals surface area contributed by atoms with Crippen LogP contribution < -0.4 is 0 Å². The Morgan fingerprint density at radius 2 is 2.05 bits per heavy atom. The first-order chi connectivity index (χ1) is 10.6. The van der Waals surface area contributed by atoms with Gasteiger partial charge in [-0.05, 0) is 12.1 Å². The van der Waals surface area contributed by atoms with Gasteiger partial charge in [0.1, 0.15) is 10.9 Å². The van der Waals surface area contributed by atoms with E-state index in [2.05, 4.69) is 4.98 Å². The van der Waals surface area contributed by atoms with Crippen molar-refractivity contribution in [1.82, 2.24) is 14.2 Å². The molecule has 9 heteroatoms. The van der Waals surface area contributed by atoms with Gasteiger partial charge in [0.15, 0.2) is 0 Å². The van der Waals surface area contributed by atoms with Crippen LogP contribution in [0.1, 0.15) is 0 Å². The third kappa shape index (κ3) is 3.12. The summed E-state index contributed by atoms with van der Waals surface area (Å²) in [5.41, 5.74) is 0. The number of amides is 1. The summed E-state index contributed by atoms with van der Waals surface area (Å²) in [6, 6.07) is 2.51. The molecule has 0 radical (unpaired) electrons. The first-order valence-electron chi connectivity index (χ1n) is 6.97. The molecule has 2 fully saturated rings. The molecule has 0 N–H and O–H groups in total. The second-order valence-corrected chi connectivity index (χ2v) is 9.15. The van der Waals surface area contributed by atoms with E-state index in [1.165, 1.54) is 34.5 Å². The van der Waals surface area contributed by atoms with Gasteiger partial charge in [-0.2, -0.15) is 16.1 Å². The zero-order valence-electron chi connectivity index (χ0n) is 11.9. The molecule has 1 aromatic rings. The average molecular weight is 359 g/mol. The van der Waals surface area contributed by atoms with Crippen molar-refractivity contribution in [3.8, 4) is 0 Å². The molecule has 3 rings (SSSR count). The lowest BCUT2D eigenvalue weighted by atomic mass is 10.3. The van der Waals surface area contributed by atoms with Gasteiger partial charge in [0, 0.05) is 42.7 Å². The molecule has 2 aliphatic heterocycles. The summed E-state index contributed by atoms with van der Waals surface area (Å²) in [5.74, 6) is 2.60. The topological polar surface area (TPSA) is 70.6 Å². The van der Waals surface area contributed by atoms with Crippen LogP contribution in [0.25, 0.3) is 0 Å². The molecule has 2 saturated heterocycles. The van der Waals surface area contributed by atoms with Crippen LogP contribution in [-0.4, -0.2) is 70.8 Å². The Balaban J connectivity index is 1.82. The molecule has 1 amide bonds. The second-order valence-electron chi connectivity index (χ2n) is 5.03. The minimum Gasteiger partial charge on any atom is -0.340 e. The van der Waals surface area contributed by atoms with Gasteiger partial charge in [-0.25, -0.2) is 8.42 Å². The number of hydrogen-bond acceptors (Lipinski definition) is 6. The number of carbonyl (C=O) groups is 1. The van der Waals surface area contributed by atoms with Crippen molar-refractivity contribution in [2.45, 2.75) is 10.9 Å². The van der Waals surface area contributed by atoms with Gasteiger partial charge in [-0.1, -0.05) is 0 Å². The molecule has 2 aliphatic rings. The third-order valence-corrected chi connectivity index (χ3v) is 7.65. The van der Waals surface area contributed by atoms with E-state index in [0.29, 0.717) is 24.7 Å². The van der Waals surface area contributed by atoms with Gasteiger partial charge in [-0.15, -0.1) is 11.8 Å². The second kappa shape index (κ2) is 6.77. The van der Waals surface area contributed by atoms with Crippen molar-refractivity contribution >= 4 is 39.5 Å². The molecular weight excluding hydrogens is 342 g/mol. The zero-order valence-corrected chi connectivity index (χ0v) is 14.4. The molecule has 0 unspecified atom stereocenters.